The normalized spacial score (nSPS) is 17.9. The van der Waals surface area contributed by atoms with Crippen molar-refractivity contribution in [2.24, 2.45) is 4.99 Å². The maximum Gasteiger partial charge on any atom is 0.136 e. The highest BCUT2D eigenvalue weighted by molar-refractivity contribution is 6.16. The molecule has 0 aliphatic carbocycles. The first-order valence-electron chi connectivity index (χ1n) is 8.51. The maximum atomic E-state index is 5.44. The second-order valence-corrected chi connectivity index (χ2v) is 6.57. The van der Waals surface area contributed by atoms with Crippen molar-refractivity contribution in [3.05, 3.63) is 35.3 Å². The molecule has 2 aromatic rings. The van der Waals surface area contributed by atoms with Crippen LogP contribution in [-0.4, -0.2) is 44.9 Å². The van der Waals surface area contributed by atoms with Gasteiger partial charge in [-0.2, -0.15) is 0 Å². The number of nitrogens with one attached hydrogen (secondary N) is 1. The van der Waals surface area contributed by atoms with E-state index in [1.54, 1.807) is 0 Å². The largest absolute Gasteiger partial charge is 0.381 e. The molecule has 24 heavy (non-hydrogen) atoms. The molecule has 2 aromatic heterocycles. The molecule has 2 aliphatic rings. The van der Waals surface area contributed by atoms with Crippen LogP contribution in [-0.2, 0) is 11.3 Å². The fourth-order valence-corrected chi connectivity index (χ4v) is 3.13. The maximum absolute atomic E-state index is 5.44. The number of hydrogen-bond acceptors (Lipinski definition) is 6. The van der Waals surface area contributed by atoms with Gasteiger partial charge in [0.1, 0.15) is 11.5 Å². The molecule has 0 amide bonds. The smallest absolute Gasteiger partial charge is 0.136 e. The average Bonchev–Trinajstić information content (AvgIpc) is 3.23. The van der Waals surface area contributed by atoms with Crippen LogP contribution in [0.5, 0.6) is 0 Å². The summed E-state index contributed by atoms with van der Waals surface area (Å²) in [5.41, 5.74) is 3.96. The Hall–Kier alpha value is -2.28. The predicted molar refractivity (Wildman–Crippen MR) is 91.5 cm³/mol. The van der Waals surface area contributed by atoms with E-state index in [0.717, 1.165) is 48.8 Å². The number of fused-ring (bicyclic) bond motifs is 1. The van der Waals surface area contributed by atoms with Gasteiger partial charge in [-0.25, -0.2) is 9.67 Å². The summed E-state index contributed by atoms with van der Waals surface area (Å²) in [6, 6.07) is 2.71. The second-order valence-electron chi connectivity index (χ2n) is 6.57. The number of pyridine rings is 1. The van der Waals surface area contributed by atoms with Gasteiger partial charge in [-0.3, -0.25) is 4.99 Å². The summed E-state index contributed by atoms with van der Waals surface area (Å²) in [6.07, 6.45) is 5.82. The first kappa shape index (κ1) is 15.3. The summed E-state index contributed by atoms with van der Waals surface area (Å²) >= 11 is 0. The van der Waals surface area contributed by atoms with Gasteiger partial charge in [0, 0.05) is 37.1 Å². The van der Waals surface area contributed by atoms with Gasteiger partial charge < -0.3 is 10.1 Å². The Bertz CT molecular complexity index is 760. The molecule has 0 atom stereocenters. The third-order valence-electron chi connectivity index (χ3n) is 4.53. The van der Waals surface area contributed by atoms with Gasteiger partial charge in [0.2, 0.25) is 0 Å². The van der Waals surface area contributed by atoms with Crippen LogP contribution in [0.4, 0.5) is 5.82 Å². The number of ether oxygens (including phenoxy) is 1. The monoisotopic (exact) mass is 326 g/mol. The lowest BCUT2D eigenvalue weighted by Crippen LogP contribution is -2.29. The van der Waals surface area contributed by atoms with Crippen LogP contribution in [0.3, 0.4) is 0 Å². The third kappa shape index (κ3) is 2.80. The summed E-state index contributed by atoms with van der Waals surface area (Å²) in [5, 5.41) is 12.1. The molecule has 1 saturated heterocycles. The Morgan fingerprint density at radius 2 is 2.12 bits per heavy atom. The van der Waals surface area contributed by atoms with E-state index in [-0.39, 0.29) is 6.04 Å². The molecule has 4 heterocycles. The number of aliphatic imine (C=N–C) groups is 1. The minimum atomic E-state index is 0.279. The molecule has 7 nitrogen and oxygen atoms in total. The number of rotatable bonds is 4. The van der Waals surface area contributed by atoms with E-state index in [4.69, 9.17) is 9.73 Å². The van der Waals surface area contributed by atoms with E-state index in [1.807, 2.05) is 23.1 Å². The Labute approximate surface area is 141 Å². The van der Waals surface area contributed by atoms with Gasteiger partial charge in [0.25, 0.3) is 0 Å². The Morgan fingerprint density at radius 1 is 1.29 bits per heavy atom. The summed E-state index contributed by atoms with van der Waals surface area (Å²) in [4.78, 5) is 9.27. The van der Waals surface area contributed by atoms with Gasteiger partial charge in [-0.05, 0) is 38.3 Å². The van der Waals surface area contributed by atoms with Crippen molar-refractivity contribution in [3.8, 4) is 0 Å². The van der Waals surface area contributed by atoms with E-state index in [9.17, 15) is 0 Å². The third-order valence-corrected chi connectivity index (χ3v) is 4.53. The lowest BCUT2D eigenvalue weighted by molar-refractivity contribution is 0.0904. The molecule has 0 spiro atoms. The summed E-state index contributed by atoms with van der Waals surface area (Å²) in [5.74, 6) is 0.898. The lowest BCUT2D eigenvalue weighted by Gasteiger charge is -2.24. The van der Waals surface area contributed by atoms with Crippen molar-refractivity contribution >= 4 is 11.5 Å². The van der Waals surface area contributed by atoms with Gasteiger partial charge in [-0.15, -0.1) is 5.10 Å². The molecule has 0 radical (unpaired) electrons. The van der Waals surface area contributed by atoms with Crippen LogP contribution in [0.1, 0.15) is 49.6 Å². The quantitative estimate of drug-likeness (QED) is 0.932. The summed E-state index contributed by atoms with van der Waals surface area (Å²) in [7, 11) is 0. The molecular formula is C17H22N6O. The van der Waals surface area contributed by atoms with Crippen molar-refractivity contribution < 1.29 is 4.74 Å². The number of nitrogens with zero attached hydrogens (tertiary/aromatic N) is 5. The van der Waals surface area contributed by atoms with Gasteiger partial charge >= 0.3 is 0 Å². The average molecular weight is 326 g/mol. The first-order chi connectivity index (χ1) is 11.7. The van der Waals surface area contributed by atoms with Crippen molar-refractivity contribution in [2.75, 3.05) is 18.5 Å². The van der Waals surface area contributed by atoms with Crippen LogP contribution in [0.2, 0.25) is 0 Å². The molecule has 126 valence electrons. The molecule has 1 N–H and O–H groups in total. The van der Waals surface area contributed by atoms with E-state index < -0.39 is 0 Å². The predicted octanol–water partition coefficient (Wildman–Crippen LogP) is 2.20. The van der Waals surface area contributed by atoms with Gasteiger partial charge in [0.15, 0.2) is 0 Å². The van der Waals surface area contributed by atoms with E-state index in [1.165, 1.54) is 5.56 Å². The van der Waals surface area contributed by atoms with E-state index in [2.05, 4.69) is 34.5 Å². The standard InChI is InChI=1S/C17H22N6O/c1-11(2)23-10-14(21-22-23)16-15-12(9-19-16)3-6-18-17(15)20-13-4-7-24-8-5-13/h3,6,10-11,13H,4-5,7-9H2,1-2H3,(H,18,20). The highest BCUT2D eigenvalue weighted by Crippen LogP contribution is 2.28. The highest BCUT2D eigenvalue weighted by Gasteiger charge is 2.26. The topological polar surface area (TPSA) is 77.2 Å². The molecule has 1 fully saturated rings. The van der Waals surface area contributed by atoms with Crippen LogP contribution in [0, 0.1) is 0 Å². The fraction of sp³-hybridized carbons (Fsp3) is 0.529. The Balaban J connectivity index is 1.65. The zero-order valence-corrected chi connectivity index (χ0v) is 14.1. The zero-order chi connectivity index (χ0) is 16.5. The first-order valence-corrected chi connectivity index (χ1v) is 8.51. The SMILES string of the molecule is CC(C)n1cc(C2=NCc3ccnc(NC4CCOCC4)c32)nn1. The highest BCUT2D eigenvalue weighted by atomic mass is 16.5. The zero-order valence-electron chi connectivity index (χ0n) is 14.1. The van der Waals surface area contributed by atoms with Crippen molar-refractivity contribution in [1.29, 1.82) is 0 Å². The molecule has 0 unspecified atom stereocenters. The number of hydrogen-bond donors (Lipinski definition) is 1. The van der Waals surface area contributed by atoms with E-state index in [0.29, 0.717) is 12.6 Å². The summed E-state index contributed by atoms with van der Waals surface area (Å²) < 4.78 is 7.30. The molecule has 4 rings (SSSR count). The van der Waals surface area contributed by atoms with Crippen LogP contribution in [0.15, 0.2) is 23.5 Å². The molecule has 0 saturated carbocycles. The molecule has 0 aromatic carbocycles. The van der Waals surface area contributed by atoms with Gasteiger partial charge in [0.05, 0.1) is 18.5 Å². The minimum Gasteiger partial charge on any atom is -0.381 e. The van der Waals surface area contributed by atoms with Crippen molar-refractivity contribution in [2.45, 2.75) is 45.3 Å². The molecule has 2 aliphatic heterocycles. The van der Waals surface area contributed by atoms with Crippen LogP contribution >= 0.6 is 0 Å². The van der Waals surface area contributed by atoms with E-state index >= 15 is 0 Å². The number of anilines is 1. The van der Waals surface area contributed by atoms with Crippen LogP contribution < -0.4 is 5.32 Å². The van der Waals surface area contributed by atoms with Crippen molar-refractivity contribution in [3.63, 3.8) is 0 Å². The fourth-order valence-electron chi connectivity index (χ4n) is 3.13. The molecular weight excluding hydrogens is 304 g/mol. The second kappa shape index (κ2) is 6.32. The summed E-state index contributed by atoms with van der Waals surface area (Å²) in [6.45, 7) is 6.45. The number of aromatic nitrogens is 4. The Morgan fingerprint density at radius 3 is 2.88 bits per heavy atom. The lowest BCUT2D eigenvalue weighted by atomic mass is 10.0. The Kier molecular flexibility index (Phi) is 4.02. The molecule has 7 heteroatoms. The molecule has 0 bridgehead atoms. The van der Waals surface area contributed by atoms with Gasteiger partial charge in [-0.1, -0.05) is 5.21 Å². The minimum absolute atomic E-state index is 0.279. The van der Waals surface area contributed by atoms with Crippen molar-refractivity contribution in [1.82, 2.24) is 20.0 Å². The van der Waals surface area contributed by atoms with Crippen LogP contribution in [0.25, 0.3) is 0 Å².